The normalized spacial score (nSPS) is 13.2. The number of amides is 1. The summed E-state index contributed by atoms with van der Waals surface area (Å²) in [4.78, 5) is 23.1. The lowest BCUT2D eigenvalue weighted by atomic mass is 10.00. The molecule has 0 spiro atoms. The quantitative estimate of drug-likeness (QED) is 0.217. The van der Waals surface area contributed by atoms with Gasteiger partial charge in [-0.05, 0) is 78.9 Å². The largest absolute Gasteiger partial charge is 0.457 e. The van der Waals surface area contributed by atoms with Gasteiger partial charge in [0.05, 0.1) is 23.6 Å². The molecule has 0 radical (unpaired) electrons. The van der Waals surface area contributed by atoms with Gasteiger partial charge in [-0.2, -0.15) is 0 Å². The van der Waals surface area contributed by atoms with E-state index >= 15 is 0 Å². The maximum atomic E-state index is 13.3. The van der Waals surface area contributed by atoms with Gasteiger partial charge in [-0.25, -0.2) is 22.8 Å². The number of benzene rings is 3. The highest BCUT2D eigenvalue weighted by Gasteiger charge is 2.32. The molecule has 0 bridgehead atoms. The predicted molar refractivity (Wildman–Crippen MR) is 157 cm³/mol. The summed E-state index contributed by atoms with van der Waals surface area (Å²) in [5, 5.41) is 3.35. The maximum absolute atomic E-state index is 13.3. The highest BCUT2D eigenvalue weighted by Crippen LogP contribution is 2.48. The first-order valence-corrected chi connectivity index (χ1v) is 15.3. The summed E-state index contributed by atoms with van der Waals surface area (Å²) in [7, 11) is -1.88. The van der Waals surface area contributed by atoms with Crippen LogP contribution in [0.15, 0.2) is 83.8 Å². The zero-order valence-electron chi connectivity index (χ0n) is 22.9. The number of hydrogen-bond acceptors (Lipinski definition) is 8. The number of rotatable bonds is 9. The average molecular weight is 587 g/mol. The number of carbonyl (C=O) groups excluding carboxylic acids is 1. The zero-order chi connectivity index (χ0) is 29.4. The van der Waals surface area contributed by atoms with Crippen molar-refractivity contribution in [2.75, 3.05) is 24.1 Å². The molecule has 1 saturated carbocycles. The summed E-state index contributed by atoms with van der Waals surface area (Å²) >= 11 is 0. The Morgan fingerprint density at radius 3 is 2.29 bits per heavy atom. The van der Waals surface area contributed by atoms with E-state index in [9.17, 15) is 17.6 Å². The van der Waals surface area contributed by atoms with Gasteiger partial charge in [0.25, 0.3) is 5.91 Å². The van der Waals surface area contributed by atoms with Gasteiger partial charge < -0.3 is 19.4 Å². The lowest BCUT2D eigenvalue weighted by Gasteiger charge is -2.26. The summed E-state index contributed by atoms with van der Waals surface area (Å²) in [5.41, 5.74) is 3.58. The molecule has 1 N–H and O–H groups in total. The topological polar surface area (TPSA) is 115 Å². The van der Waals surface area contributed by atoms with Crippen molar-refractivity contribution in [2.45, 2.75) is 18.8 Å². The number of hydrogen-bond donors (Lipinski definition) is 1. The number of carbonyl (C=O) groups is 1. The molecule has 5 aromatic rings. The third-order valence-corrected chi connectivity index (χ3v) is 7.71. The molecule has 0 atom stereocenters. The molecule has 3 aromatic carbocycles. The fraction of sp³-hybridized carbons (Fsp3) is 0.194. The number of aromatic nitrogens is 2. The van der Waals surface area contributed by atoms with Crippen LogP contribution >= 0.6 is 0 Å². The van der Waals surface area contributed by atoms with Gasteiger partial charge in [-0.1, -0.05) is 0 Å². The average Bonchev–Trinajstić information content (AvgIpc) is 3.77. The lowest BCUT2D eigenvalue weighted by molar-refractivity contribution is 0.0964. The van der Waals surface area contributed by atoms with Crippen molar-refractivity contribution < 1.29 is 26.8 Å². The molecule has 0 aliphatic heterocycles. The van der Waals surface area contributed by atoms with Crippen molar-refractivity contribution in [3.8, 4) is 22.8 Å². The first kappa shape index (κ1) is 27.4. The molecule has 2 heterocycles. The zero-order valence-corrected chi connectivity index (χ0v) is 23.7. The predicted octanol–water partition coefficient (Wildman–Crippen LogP) is 6.20. The molecular formula is C31H27FN4O5S. The van der Waals surface area contributed by atoms with E-state index in [0.29, 0.717) is 50.7 Å². The Balaban J connectivity index is 1.46. The highest BCUT2D eigenvalue weighted by atomic mass is 32.2. The molecule has 1 amide bonds. The van der Waals surface area contributed by atoms with Gasteiger partial charge in [0.15, 0.2) is 9.84 Å². The number of anilines is 2. The van der Waals surface area contributed by atoms with Crippen molar-refractivity contribution in [2.24, 2.45) is 0 Å². The third-order valence-electron chi connectivity index (χ3n) is 6.99. The van der Waals surface area contributed by atoms with Crippen molar-refractivity contribution in [1.29, 1.82) is 0 Å². The number of furan rings is 1. The minimum absolute atomic E-state index is 0.217. The van der Waals surface area contributed by atoms with Gasteiger partial charge in [0.2, 0.25) is 0 Å². The second-order valence-corrected chi connectivity index (χ2v) is 12.3. The smallest absolute Gasteiger partial charge is 0.255 e. The minimum atomic E-state index is -3.44. The molecule has 1 aliphatic rings. The number of halogens is 1. The molecule has 0 saturated heterocycles. The molecule has 6 rings (SSSR count). The van der Waals surface area contributed by atoms with Crippen molar-refractivity contribution in [3.05, 3.63) is 96.3 Å². The van der Waals surface area contributed by atoms with E-state index in [1.165, 1.54) is 36.8 Å². The van der Waals surface area contributed by atoms with E-state index in [1.807, 2.05) is 6.07 Å². The summed E-state index contributed by atoms with van der Waals surface area (Å²) in [5.74, 6) is 0.661. The van der Waals surface area contributed by atoms with Gasteiger partial charge >= 0.3 is 0 Å². The van der Waals surface area contributed by atoms with Crippen LogP contribution in [0.25, 0.3) is 22.3 Å². The van der Waals surface area contributed by atoms with E-state index in [0.717, 1.165) is 18.4 Å². The van der Waals surface area contributed by atoms with E-state index < -0.39 is 9.84 Å². The number of fused-ring (bicyclic) bond motifs is 1. The number of nitrogens with one attached hydrogen (secondary N) is 1. The molecular weight excluding hydrogens is 559 g/mol. The fourth-order valence-electron chi connectivity index (χ4n) is 4.92. The van der Waals surface area contributed by atoms with Crippen molar-refractivity contribution in [1.82, 2.24) is 15.3 Å². The van der Waals surface area contributed by atoms with Crippen molar-refractivity contribution in [3.63, 3.8) is 0 Å². The second-order valence-electron chi connectivity index (χ2n) is 10.2. The first-order chi connectivity index (χ1) is 20.2. The molecule has 9 nitrogen and oxygen atoms in total. The Hall–Kier alpha value is -4.77. The summed E-state index contributed by atoms with van der Waals surface area (Å²) in [6.45, 7) is 0. The van der Waals surface area contributed by atoms with E-state index in [4.69, 9.17) is 9.15 Å². The summed E-state index contributed by atoms with van der Waals surface area (Å²) in [6.07, 6.45) is 7.60. The van der Waals surface area contributed by atoms with Gasteiger partial charge in [-0.15, -0.1) is 0 Å². The van der Waals surface area contributed by atoms with Gasteiger partial charge in [0, 0.05) is 36.0 Å². The summed E-state index contributed by atoms with van der Waals surface area (Å²) in [6, 6.07) is 16.5. The Bertz CT molecular complexity index is 1870. The molecule has 0 unspecified atom stereocenters. The second kappa shape index (κ2) is 10.9. The van der Waals surface area contributed by atoms with Crippen LogP contribution in [-0.2, 0) is 9.84 Å². The van der Waals surface area contributed by atoms with Crippen LogP contribution in [0.4, 0.5) is 15.8 Å². The number of sulfone groups is 1. The van der Waals surface area contributed by atoms with Crippen LogP contribution in [0.3, 0.4) is 0 Å². The number of nitrogens with zero attached hydrogens (tertiary/aromatic N) is 3. The Labute approximate surface area is 241 Å². The Kier molecular flexibility index (Phi) is 7.11. The Morgan fingerprint density at radius 2 is 1.69 bits per heavy atom. The molecule has 1 aliphatic carbocycles. The first-order valence-electron chi connectivity index (χ1n) is 13.3. The fourth-order valence-corrected chi connectivity index (χ4v) is 5.68. The van der Waals surface area contributed by atoms with E-state index in [1.54, 1.807) is 54.7 Å². The third kappa shape index (κ3) is 5.68. The SMILES string of the molecule is CNC(=O)c1c(-c2ccc(Oc3ccc(F)cc3)cc2)oc2cc(N(CS(C)(=O)=O)c3cncnc3)c(C3CC3)cc12. The monoisotopic (exact) mass is 586 g/mol. The highest BCUT2D eigenvalue weighted by molar-refractivity contribution is 7.90. The maximum Gasteiger partial charge on any atom is 0.255 e. The minimum Gasteiger partial charge on any atom is -0.457 e. The van der Waals surface area contributed by atoms with Gasteiger partial charge in [0.1, 0.15) is 40.9 Å². The molecule has 2 aromatic heterocycles. The van der Waals surface area contributed by atoms with Gasteiger partial charge in [-0.3, -0.25) is 4.79 Å². The van der Waals surface area contributed by atoms with Crippen LogP contribution < -0.4 is 15.0 Å². The standard InChI is InChI=1S/C31H27FN4O5S/c1-33-31(37)29-26-13-25(19-3-4-19)27(36(18-42(2,38)39)22-15-34-17-35-16-22)14-28(26)41-30(29)20-5-9-23(10-6-20)40-24-11-7-21(32)8-12-24/h5-17,19H,3-4,18H2,1-2H3,(H,33,37). The van der Waals surface area contributed by atoms with Crippen LogP contribution in [0.1, 0.15) is 34.7 Å². The molecule has 11 heteroatoms. The molecule has 42 heavy (non-hydrogen) atoms. The number of ether oxygens (including phenoxy) is 1. The van der Waals surface area contributed by atoms with Crippen LogP contribution in [-0.4, -0.2) is 43.5 Å². The molecule has 214 valence electrons. The van der Waals surface area contributed by atoms with E-state index in [-0.39, 0.29) is 23.5 Å². The van der Waals surface area contributed by atoms with Crippen LogP contribution in [0, 0.1) is 5.82 Å². The van der Waals surface area contributed by atoms with Crippen LogP contribution in [0.5, 0.6) is 11.5 Å². The van der Waals surface area contributed by atoms with E-state index in [2.05, 4.69) is 15.3 Å². The molecule has 1 fully saturated rings. The van der Waals surface area contributed by atoms with Crippen LogP contribution in [0.2, 0.25) is 0 Å². The Morgan fingerprint density at radius 1 is 1.05 bits per heavy atom. The van der Waals surface area contributed by atoms with Crippen molar-refractivity contribution >= 4 is 38.1 Å². The summed E-state index contributed by atoms with van der Waals surface area (Å²) < 4.78 is 50.4. The lowest BCUT2D eigenvalue weighted by Crippen LogP contribution is -2.26.